The molecule has 3 rings (SSSR count). The molecule has 1 aromatic heterocycles. The van der Waals surface area contributed by atoms with Gasteiger partial charge in [0.2, 0.25) is 0 Å². The Balaban J connectivity index is 1.83. The van der Waals surface area contributed by atoms with Crippen molar-refractivity contribution in [2.45, 2.75) is 37.2 Å². The summed E-state index contributed by atoms with van der Waals surface area (Å²) < 4.78 is 0. The number of aliphatic hydroxyl groups is 1. The highest BCUT2D eigenvalue weighted by Gasteiger charge is 2.40. The molecule has 0 spiro atoms. The van der Waals surface area contributed by atoms with Crippen LogP contribution in [0.15, 0.2) is 48.7 Å². The summed E-state index contributed by atoms with van der Waals surface area (Å²) in [5, 5.41) is 11.2. The van der Waals surface area contributed by atoms with Gasteiger partial charge in [0.1, 0.15) is 0 Å². The van der Waals surface area contributed by atoms with Crippen molar-refractivity contribution < 1.29 is 5.11 Å². The van der Waals surface area contributed by atoms with Gasteiger partial charge in [-0.3, -0.25) is 4.98 Å². The van der Waals surface area contributed by atoms with Crippen molar-refractivity contribution in [2.75, 3.05) is 0 Å². The molecule has 3 heteroatoms. The van der Waals surface area contributed by atoms with Crippen LogP contribution in [0.5, 0.6) is 0 Å². The Morgan fingerprint density at radius 1 is 1.20 bits per heavy atom. The molecule has 0 amide bonds. The molecule has 1 aliphatic carbocycles. The molecule has 0 saturated heterocycles. The van der Waals surface area contributed by atoms with E-state index in [4.69, 9.17) is 11.6 Å². The van der Waals surface area contributed by atoms with Crippen molar-refractivity contribution >= 4 is 11.6 Å². The molecule has 1 aromatic carbocycles. The summed E-state index contributed by atoms with van der Waals surface area (Å²) in [7, 11) is 0. The van der Waals surface area contributed by atoms with Crippen LogP contribution in [-0.2, 0) is 5.41 Å². The summed E-state index contributed by atoms with van der Waals surface area (Å²) in [5.41, 5.74) is 2.05. The monoisotopic (exact) mass is 287 g/mol. The lowest BCUT2D eigenvalue weighted by Crippen LogP contribution is -2.36. The average molecular weight is 288 g/mol. The van der Waals surface area contributed by atoms with Crippen molar-refractivity contribution in [1.82, 2.24) is 4.98 Å². The van der Waals surface area contributed by atoms with E-state index in [1.54, 1.807) is 6.20 Å². The van der Waals surface area contributed by atoms with E-state index in [1.165, 1.54) is 12.0 Å². The van der Waals surface area contributed by atoms with Crippen LogP contribution < -0.4 is 0 Å². The zero-order chi connectivity index (χ0) is 14.0. The number of rotatable bonds is 4. The maximum Gasteiger partial charge on any atom is 0.0968 e. The molecule has 104 valence electrons. The van der Waals surface area contributed by atoms with E-state index in [0.29, 0.717) is 6.42 Å². The van der Waals surface area contributed by atoms with Gasteiger partial charge in [-0.1, -0.05) is 36.2 Å². The summed E-state index contributed by atoms with van der Waals surface area (Å²) in [6.45, 7) is 0. The van der Waals surface area contributed by atoms with Gasteiger partial charge in [0.25, 0.3) is 0 Å². The van der Waals surface area contributed by atoms with Crippen LogP contribution in [0.2, 0.25) is 5.02 Å². The van der Waals surface area contributed by atoms with Gasteiger partial charge in [0.05, 0.1) is 11.8 Å². The number of aromatic nitrogens is 1. The Morgan fingerprint density at radius 2 is 2.05 bits per heavy atom. The lowest BCUT2D eigenvalue weighted by molar-refractivity contribution is 0.0913. The van der Waals surface area contributed by atoms with Crippen LogP contribution in [0.4, 0.5) is 0 Å². The average Bonchev–Trinajstić information content (AvgIpc) is 2.43. The van der Waals surface area contributed by atoms with E-state index < -0.39 is 6.10 Å². The minimum absolute atomic E-state index is 0.0574. The van der Waals surface area contributed by atoms with Crippen molar-refractivity contribution in [1.29, 1.82) is 0 Å². The molecule has 1 saturated carbocycles. The summed E-state index contributed by atoms with van der Waals surface area (Å²) in [6.07, 6.45) is 5.35. The first-order valence-electron chi connectivity index (χ1n) is 7.05. The normalized spacial score (nSPS) is 18.3. The maximum absolute atomic E-state index is 10.5. The fourth-order valence-corrected chi connectivity index (χ4v) is 3.27. The van der Waals surface area contributed by atoms with Crippen LogP contribution >= 0.6 is 11.6 Å². The summed E-state index contributed by atoms with van der Waals surface area (Å²) in [5.74, 6) is 0. The lowest BCUT2D eigenvalue weighted by atomic mass is 9.61. The molecule has 1 N–H and O–H groups in total. The van der Waals surface area contributed by atoms with Gasteiger partial charge in [0.15, 0.2) is 0 Å². The van der Waals surface area contributed by atoms with Crippen LogP contribution in [0.25, 0.3) is 0 Å². The van der Waals surface area contributed by atoms with E-state index in [1.807, 2.05) is 36.4 Å². The Hall–Kier alpha value is -1.38. The first-order chi connectivity index (χ1) is 9.70. The molecule has 0 radical (unpaired) electrons. The second-order valence-electron chi connectivity index (χ2n) is 5.62. The van der Waals surface area contributed by atoms with Gasteiger partial charge in [-0.15, -0.1) is 0 Å². The van der Waals surface area contributed by atoms with E-state index in [0.717, 1.165) is 23.6 Å². The molecule has 2 aromatic rings. The van der Waals surface area contributed by atoms with Crippen molar-refractivity contribution in [3.05, 3.63) is 64.9 Å². The van der Waals surface area contributed by atoms with Gasteiger partial charge in [-0.2, -0.15) is 0 Å². The van der Waals surface area contributed by atoms with Crippen molar-refractivity contribution in [2.24, 2.45) is 0 Å². The SMILES string of the molecule is OC(CC1(c2cccc(Cl)c2)CCC1)c1ccccn1. The zero-order valence-electron chi connectivity index (χ0n) is 11.3. The van der Waals surface area contributed by atoms with E-state index >= 15 is 0 Å². The van der Waals surface area contributed by atoms with Gasteiger partial charge < -0.3 is 5.11 Å². The van der Waals surface area contributed by atoms with Crippen molar-refractivity contribution in [3.63, 3.8) is 0 Å². The van der Waals surface area contributed by atoms with Crippen LogP contribution in [0, 0.1) is 0 Å². The quantitative estimate of drug-likeness (QED) is 0.910. The highest BCUT2D eigenvalue weighted by molar-refractivity contribution is 6.30. The highest BCUT2D eigenvalue weighted by atomic mass is 35.5. The molecule has 1 atom stereocenters. The van der Waals surface area contributed by atoms with E-state index in [9.17, 15) is 5.11 Å². The molecular weight excluding hydrogens is 270 g/mol. The number of halogens is 1. The fraction of sp³-hybridized carbons (Fsp3) is 0.353. The molecule has 0 bridgehead atoms. The third-order valence-corrected chi connectivity index (χ3v) is 4.60. The predicted molar refractivity (Wildman–Crippen MR) is 80.8 cm³/mol. The Kier molecular flexibility index (Phi) is 3.77. The van der Waals surface area contributed by atoms with Gasteiger partial charge in [-0.05, 0) is 54.5 Å². The van der Waals surface area contributed by atoms with E-state index in [2.05, 4.69) is 11.1 Å². The smallest absolute Gasteiger partial charge is 0.0968 e. The summed E-state index contributed by atoms with van der Waals surface area (Å²) >= 11 is 6.11. The first kappa shape index (κ1) is 13.6. The van der Waals surface area contributed by atoms with Crippen molar-refractivity contribution in [3.8, 4) is 0 Å². The Morgan fingerprint density at radius 3 is 2.65 bits per heavy atom. The lowest BCUT2D eigenvalue weighted by Gasteiger charge is -2.44. The highest BCUT2D eigenvalue weighted by Crippen LogP contribution is 2.49. The second-order valence-corrected chi connectivity index (χ2v) is 6.06. The van der Waals surface area contributed by atoms with Crippen LogP contribution in [0.1, 0.15) is 43.0 Å². The predicted octanol–water partition coefficient (Wildman–Crippen LogP) is 4.28. The van der Waals surface area contributed by atoms with Crippen LogP contribution in [0.3, 0.4) is 0 Å². The topological polar surface area (TPSA) is 33.1 Å². The van der Waals surface area contributed by atoms with Gasteiger partial charge in [-0.25, -0.2) is 0 Å². The number of benzene rings is 1. The largest absolute Gasteiger partial charge is 0.387 e. The zero-order valence-corrected chi connectivity index (χ0v) is 12.1. The number of pyridine rings is 1. The Labute approximate surface area is 124 Å². The molecule has 1 unspecified atom stereocenters. The molecular formula is C17H18ClNO. The standard InChI is InChI=1S/C17H18ClNO/c18-14-6-3-5-13(11-14)17(8-4-9-17)12-16(20)15-7-1-2-10-19-15/h1-3,5-7,10-11,16,20H,4,8-9,12H2. The molecule has 1 fully saturated rings. The number of nitrogens with zero attached hydrogens (tertiary/aromatic N) is 1. The molecule has 1 aliphatic rings. The van der Waals surface area contributed by atoms with Gasteiger partial charge in [0, 0.05) is 11.2 Å². The minimum atomic E-state index is -0.518. The Bertz CT molecular complexity index is 581. The van der Waals surface area contributed by atoms with E-state index in [-0.39, 0.29) is 5.41 Å². The molecule has 2 nitrogen and oxygen atoms in total. The molecule has 20 heavy (non-hydrogen) atoms. The molecule has 0 aliphatic heterocycles. The first-order valence-corrected chi connectivity index (χ1v) is 7.42. The third-order valence-electron chi connectivity index (χ3n) is 4.36. The molecule has 1 heterocycles. The summed E-state index contributed by atoms with van der Waals surface area (Å²) in [4.78, 5) is 4.26. The van der Waals surface area contributed by atoms with Gasteiger partial charge >= 0.3 is 0 Å². The maximum atomic E-state index is 10.5. The number of aliphatic hydroxyl groups excluding tert-OH is 1. The van der Waals surface area contributed by atoms with Crippen LogP contribution in [-0.4, -0.2) is 10.1 Å². The second kappa shape index (κ2) is 5.55. The number of hydrogen-bond acceptors (Lipinski definition) is 2. The third kappa shape index (κ3) is 2.58. The number of hydrogen-bond donors (Lipinski definition) is 1. The minimum Gasteiger partial charge on any atom is -0.387 e. The fourth-order valence-electron chi connectivity index (χ4n) is 3.08. The summed E-state index contributed by atoms with van der Waals surface area (Å²) in [6, 6.07) is 13.7.